The first-order chi connectivity index (χ1) is 9.47. The van der Waals surface area contributed by atoms with Crippen molar-refractivity contribution in [1.29, 1.82) is 0 Å². The Morgan fingerprint density at radius 2 is 2.30 bits per heavy atom. The molecule has 1 saturated heterocycles. The number of carbonyl (C=O) groups excluding carboxylic acids is 1. The predicted octanol–water partition coefficient (Wildman–Crippen LogP) is -1.05. The Labute approximate surface area is 114 Å². The van der Waals surface area contributed by atoms with Crippen molar-refractivity contribution in [2.75, 3.05) is 7.05 Å². The Morgan fingerprint density at radius 1 is 1.60 bits per heavy atom. The van der Waals surface area contributed by atoms with Crippen LogP contribution in [0.25, 0.3) is 0 Å². The van der Waals surface area contributed by atoms with E-state index in [1.807, 2.05) is 6.92 Å². The van der Waals surface area contributed by atoms with Gasteiger partial charge in [0.25, 0.3) is 11.5 Å². The number of aromatic nitrogens is 2. The number of aromatic amines is 1. The number of amides is 1. The number of hydrogen-bond donors (Lipinski definition) is 3. The van der Waals surface area contributed by atoms with Gasteiger partial charge in [-0.3, -0.25) is 19.1 Å². The fourth-order valence-corrected chi connectivity index (χ4v) is 2.25. The molecule has 1 unspecified atom stereocenters. The molecule has 8 heteroatoms. The summed E-state index contributed by atoms with van der Waals surface area (Å²) in [6.07, 6.45) is 0.280. The van der Waals surface area contributed by atoms with Gasteiger partial charge in [0.15, 0.2) is 0 Å². The first kappa shape index (κ1) is 14.5. The van der Waals surface area contributed by atoms with E-state index in [-0.39, 0.29) is 18.1 Å². The average Bonchev–Trinajstić information content (AvgIpc) is 2.79. The number of nitrogens with one attached hydrogen (secondary N) is 2. The Hall–Kier alpha value is -1.93. The topological polar surface area (TPSA) is 113 Å². The number of ether oxygens (including phenoxy) is 1. The molecule has 1 aromatic heterocycles. The van der Waals surface area contributed by atoms with Gasteiger partial charge in [-0.2, -0.15) is 0 Å². The SMILES string of the molecule is CC[C@H]1O[C@@H](n2cc(C(=O)NC)c(=O)[nH]c2=O)CC1O. The lowest BCUT2D eigenvalue weighted by Gasteiger charge is -2.15. The molecular formula is C12H17N3O5. The number of hydrogen-bond acceptors (Lipinski definition) is 5. The molecule has 0 aliphatic carbocycles. The molecule has 0 aromatic carbocycles. The smallest absolute Gasteiger partial charge is 0.330 e. The highest BCUT2D eigenvalue weighted by molar-refractivity contribution is 5.93. The fraction of sp³-hybridized carbons (Fsp3) is 0.583. The van der Waals surface area contributed by atoms with E-state index in [0.717, 1.165) is 10.8 Å². The van der Waals surface area contributed by atoms with Gasteiger partial charge >= 0.3 is 5.69 Å². The monoisotopic (exact) mass is 283 g/mol. The van der Waals surface area contributed by atoms with Crippen LogP contribution in [-0.4, -0.2) is 39.8 Å². The molecular weight excluding hydrogens is 266 g/mol. The minimum absolute atomic E-state index is 0.176. The molecule has 1 aromatic rings. The maximum Gasteiger partial charge on any atom is 0.330 e. The van der Waals surface area contributed by atoms with Gasteiger partial charge in [0.1, 0.15) is 11.8 Å². The van der Waals surface area contributed by atoms with Gasteiger partial charge in [0, 0.05) is 19.7 Å². The van der Waals surface area contributed by atoms with Crippen molar-refractivity contribution in [3.05, 3.63) is 32.6 Å². The molecule has 2 rings (SSSR count). The molecule has 0 radical (unpaired) electrons. The van der Waals surface area contributed by atoms with Gasteiger partial charge in [-0.25, -0.2) is 4.79 Å². The third-order valence-electron chi connectivity index (χ3n) is 3.36. The van der Waals surface area contributed by atoms with Gasteiger partial charge in [0.05, 0.1) is 12.2 Å². The van der Waals surface area contributed by atoms with Crippen LogP contribution in [0.5, 0.6) is 0 Å². The van der Waals surface area contributed by atoms with Crippen LogP contribution < -0.4 is 16.6 Å². The Kier molecular flexibility index (Phi) is 4.05. The molecule has 20 heavy (non-hydrogen) atoms. The second-order valence-electron chi connectivity index (χ2n) is 4.63. The van der Waals surface area contributed by atoms with Crippen molar-refractivity contribution in [2.45, 2.75) is 38.2 Å². The number of rotatable bonds is 3. The Morgan fingerprint density at radius 3 is 2.85 bits per heavy atom. The van der Waals surface area contributed by atoms with E-state index in [0.29, 0.717) is 6.42 Å². The standard InChI is InChI=1S/C12H17N3O5/c1-3-8-7(16)4-9(20-8)15-5-6(10(17)13-2)11(18)14-12(15)19/h5,7-9,16H,3-4H2,1-2H3,(H,13,17)(H,14,18,19)/t7?,8-,9-/m1/s1. The molecule has 1 aliphatic rings. The zero-order valence-electron chi connectivity index (χ0n) is 11.3. The first-order valence-electron chi connectivity index (χ1n) is 6.39. The molecule has 3 atom stereocenters. The first-order valence-corrected chi connectivity index (χ1v) is 6.39. The summed E-state index contributed by atoms with van der Waals surface area (Å²) in [5.41, 5.74) is -1.60. The lowest BCUT2D eigenvalue weighted by atomic mass is 10.1. The molecule has 0 bridgehead atoms. The van der Waals surface area contributed by atoms with Crippen LogP contribution in [0.1, 0.15) is 36.4 Å². The zero-order valence-corrected chi connectivity index (χ0v) is 11.3. The molecule has 2 heterocycles. The van der Waals surface area contributed by atoms with Crippen molar-refractivity contribution in [1.82, 2.24) is 14.9 Å². The molecule has 1 fully saturated rings. The van der Waals surface area contributed by atoms with Crippen LogP contribution in [0.2, 0.25) is 0 Å². The van der Waals surface area contributed by atoms with Crippen LogP contribution in [-0.2, 0) is 4.74 Å². The molecule has 1 amide bonds. The van der Waals surface area contributed by atoms with Crippen LogP contribution in [0, 0.1) is 0 Å². The molecule has 8 nitrogen and oxygen atoms in total. The van der Waals surface area contributed by atoms with E-state index >= 15 is 0 Å². The quantitative estimate of drug-likeness (QED) is 0.655. The van der Waals surface area contributed by atoms with E-state index in [1.165, 1.54) is 7.05 Å². The van der Waals surface area contributed by atoms with Crippen molar-refractivity contribution < 1.29 is 14.6 Å². The van der Waals surface area contributed by atoms with Crippen molar-refractivity contribution in [2.24, 2.45) is 0 Å². The third-order valence-corrected chi connectivity index (χ3v) is 3.36. The van der Waals surface area contributed by atoms with Crippen LogP contribution in [0.3, 0.4) is 0 Å². The van der Waals surface area contributed by atoms with Crippen molar-refractivity contribution >= 4 is 5.91 Å². The zero-order chi connectivity index (χ0) is 14.9. The van der Waals surface area contributed by atoms with E-state index < -0.39 is 29.5 Å². The average molecular weight is 283 g/mol. The Bertz CT molecular complexity index is 620. The minimum atomic E-state index is -0.754. The molecule has 0 saturated carbocycles. The second kappa shape index (κ2) is 5.59. The van der Waals surface area contributed by atoms with E-state index in [9.17, 15) is 19.5 Å². The maximum absolute atomic E-state index is 11.8. The normalized spacial score (nSPS) is 25.6. The minimum Gasteiger partial charge on any atom is -0.390 e. The molecule has 0 spiro atoms. The van der Waals surface area contributed by atoms with E-state index in [1.54, 1.807) is 0 Å². The molecule has 110 valence electrons. The van der Waals surface area contributed by atoms with Crippen molar-refractivity contribution in [3.63, 3.8) is 0 Å². The summed E-state index contributed by atoms with van der Waals surface area (Å²) in [6.45, 7) is 1.86. The fourth-order valence-electron chi connectivity index (χ4n) is 2.25. The summed E-state index contributed by atoms with van der Waals surface area (Å²) in [5, 5.41) is 12.1. The van der Waals surface area contributed by atoms with Gasteiger partial charge in [0.2, 0.25) is 0 Å². The van der Waals surface area contributed by atoms with Gasteiger partial charge < -0.3 is 15.2 Å². The highest BCUT2D eigenvalue weighted by Crippen LogP contribution is 2.29. The van der Waals surface area contributed by atoms with Gasteiger partial charge in [-0.1, -0.05) is 6.92 Å². The highest BCUT2D eigenvalue weighted by atomic mass is 16.5. The Balaban J connectivity index is 2.40. The predicted molar refractivity (Wildman–Crippen MR) is 69.5 cm³/mol. The summed E-state index contributed by atoms with van der Waals surface area (Å²) in [4.78, 5) is 37.0. The van der Waals surface area contributed by atoms with Gasteiger partial charge in [-0.15, -0.1) is 0 Å². The summed E-state index contributed by atoms with van der Waals surface area (Å²) in [7, 11) is 1.39. The molecule has 3 N–H and O–H groups in total. The highest BCUT2D eigenvalue weighted by Gasteiger charge is 2.34. The summed E-state index contributed by atoms with van der Waals surface area (Å²) >= 11 is 0. The van der Waals surface area contributed by atoms with Gasteiger partial charge in [-0.05, 0) is 6.42 Å². The lowest BCUT2D eigenvalue weighted by Crippen LogP contribution is -2.37. The second-order valence-corrected chi connectivity index (χ2v) is 4.63. The number of H-pyrrole nitrogens is 1. The number of aliphatic hydroxyl groups is 1. The number of nitrogens with zero attached hydrogens (tertiary/aromatic N) is 1. The number of aliphatic hydroxyl groups excluding tert-OH is 1. The van der Waals surface area contributed by atoms with E-state index in [4.69, 9.17) is 4.74 Å². The number of carbonyl (C=O) groups is 1. The molecule has 1 aliphatic heterocycles. The van der Waals surface area contributed by atoms with Crippen molar-refractivity contribution in [3.8, 4) is 0 Å². The maximum atomic E-state index is 11.8. The largest absolute Gasteiger partial charge is 0.390 e. The lowest BCUT2D eigenvalue weighted by molar-refractivity contribution is -0.0218. The van der Waals surface area contributed by atoms with Crippen LogP contribution in [0.15, 0.2) is 15.8 Å². The van der Waals surface area contributed by atoms with Crippen LogP contribution >= 0.6 is 0 Å². The summed E-state index contributed by atoms with van der Waals surface area (Å²) in [6, 6.07) is 0. The van der Waals surface area contributed by atoms with Crippen LogP contribution in [0.4, 0.5) is 0 Å². The summed E-state index contributed by atoms with van der Waals surface area (Å²) in [5.74, 6) is -0.592. The van der Waals surface area contributed by atoms with E-state index in [2.05, 4.69) is 10.3 Å². The summed E-state index contributed by atoms with van der Waals surface area (Å²) < 4.78 is 6.69. The third kappa shape index (κ3) is 2.52.